The van der Waals surface area contributed by atoms with Gasteiger partial charge in [0, 0.05) is 49.9 Å². The molecule has 1 fully saturated rings. The first-order valence-corrected chi connectivity index (χ1v) is 9.55. The number of likely N-dealkylation sites (tertiary alicyclic amines) is 1. The summed E-state index contributed by atoms with van der Waals surface area (Å²) in [6, 6.07) is 7.45. The average Bonchev–Trinajstić information content (AvgIpc) is 3.24. The topological polar surface area (TPSA) is 70.5 Å². The van der Waals surface area contributed by atoms with Crippen LogP contribution in [-0.2, 0) is 4.79 Å². The summed E-state index contributed by atoms with van der Waals surface area (Å²) in [6.45, 7) is 6.56. The molecule has 0 spiro atoms. The molecule has 2 aromatic rings. The molecule has 2 heterocycles. The summed E-state index contributed by atoms with van der Waals surface area (Å²) in [6.07, 6.45) is 7.02. The fourth-order valence-electron chi connectivity index (χ4n) is 3.49. The van der Waals surface area contributed by atoms with Crippen molar-refractivity contribution in [3.8, 4) is 5.69 Å². The monoisotopic (exact) mass is 369 g/mol. The Morgan fingerprint density at radius 3 is 2.59 bits per heavy atom. The maximum atomic E-state index is 12.6. The van der Waals surface area contributed by atoms with Gasteiger partial charge in [0.2, 0.25) is 5.91 Å². The van der Waals surface area contributed by atoms with E-state index in [0.29, 0.717) is 26.2 Å². The number of benzene rings is 1. The Bertz CT molecular complexity index is 753. The van der Waals surface area contributed by atoms with Crippen molar-refractivity contribution in [3.63, 3.8) is 0 Å². The summed E-state index contributed by atoms with van der Waals surface area (Å²) in [4.78, 5) is 32.9. The lowest BCUT2D eigenvalue weighted by Gasteiger charge is -2.34. The third-order valence-electron chi connectivity index (χ3n) is 5.05. The zero-order valence-electron chi connectivity index (χ0n) is 16.0. The minimum Gasteiger partial charge on any atom is -0.343 e. The molecule has 0 saturated carbocycles. The highest BCUT2D eigenvalue weighted by Gasteiger charge is 2.30. The number of aromatic nitrogens is 2. The first-order valence-electron chi connectivity index (χ1n) is 9.55. The number of piperidine rings is 1. The van der Waals surface area contributed by atoms with Crippen molar-refractivity contribution < 1.29 is 9.59 Å². The molecule has 1 aliphatic heterocycles. The molecule has 7 nitrogen and oxygen atoms in total. The predicted molar refractivity (Wildman–Crippen MR) is 105 cm³/mol. The van der Waals surface area contributed by atoms with Gasteiger partial charge in [-0.2, -0.15) is 0 Å². The van der Waals surface area contributed by atoms with Gasteiger partial charge in [0.25, 0.3) is 0 Å². The zero-order valence-corrected chi connectivity index (χ0v) is 16.0. The van der Waals surface area contributed by atoms with E-state index in [9.17, 15) is 9.59 Å². The minimum atomic E-state index is -0.151. The maximum absolute atomic E-state index is 12.6. The molecule has 3 rings (SSSR count). The summed E-state index contributed by atoms with van der Waals surface area (Å²) in [5, 5.41) is 2.94. The molecule has 1 atom stereocenters. The summed E-state index contributed by atoms with van der Waals surface area (Å²) in [7, 11) is 0. The first kappa shape index (κ1) is 18.9. The van der Waals surface area contributed by atoms with Gasteiger partial charge in [-0.25, -0.2) is 9.78 Å². The molecule has 0 aliphatic carbocycles. The number of anilines is 1. The van der Waals surface area contributed by atoms with E-state index >= 15 is 0 Å². The Morgan fingerprint density at radius 2 is 1.96 bits per heavy atom. The normalized spacial score (nSPS) is 16.8. The SMILES string of the molecule is CCN(CC)C(=O)[C@@H]1CCCN(C(=O)Nc2ccc(-n3ccnc3)cc2)C1. The van der Waals surface area contributed by atoms with Crippen molar-refractivity contribution in [2.45, 2.75) is 26.7 Å². The van der Waals surface area contributed by atoms with Crippen LogP contribution in [0, 0.1) is 5.92 Å². The summed E-state index contributed by atoms with van der Waals surface area (Å²) < 4.78 is 1.90. The second-order valence-corrected chi connectivity index (χ2v) is 6.74. The maximum Gasteiger partial charge on any atom is 0.321 e. The van der Waals surface area contributed by atoms with Crippen molar-refractivity contribution in [2.24, 2.45) is 5.92 Å². The van der Waals surface area contributed by atoms with E-state index in [4.69, 9.17) is 0 Å². The Balaban J connectivity index is 1.59. The molecule has 1 aliphatic rings. The van der Waals surface area contributed by atoms with E-state index < -0.39 is 0 Å². The quantitative estimate of drug-likeness (QED) is 0.881. The fraction of sp³-hybridized carbons (Fsp3) is 0.450. The zero-order chi connectivity index (χ0) is 19.2. The van der Waals surface area contributed by atoms with Gasteiger partial charge in [-0.3, -0.25) is 4.79 Å². The van der Waals surface area contributed by atoms with Crippen LogP contribution < -0.4 is 5.32 Å². The second kappa shape index (κ2) is 8.70. The average molecular weight is 369 g/mol. The lowest BCUT2D eigenvalue weighted by Crippen LogP contribution is -2.47. The van der Waals surface area contributed by atoms with E-state index in [0.717, 1.165) is 24.2 Å². The van der Waals surface area contributed by atoms with Crippen molar-refractivity contribution in [1.29, 1.82) is 0 Å². The third-order valence-corrected chi connectivity index (χ3v) is 5.05. The van der Waals surface area contributed by atoms with Gasteiger partial charge in [0.15, 0.2) is 0 Å². The van der Waals surface area contributed by atoms with Crippen LogP contribution >= 0.6 is 0 Å². The number of carbonyl (C=O) groups is 2. The Labute approximate surface area is 160 Å². The Kier molecular flexibility index (Phi) is 6.11. The molecule has 1 aromatic heterocycles. The summed E-state index contributed by atoms with van der Waals surface area (Å²) in [5.41, 5.74) is 1.72. The molecule has 1 N–H and O–H groups in total. The molecule has 3 amide bonds. The van der Waals surface area contributed by atoms with Crippen LogP contribution in [0.3, 0.4) is 0 Å². The van der Waals surface area contributed by atoms with E-state index in [1.807, 2.05) is 53.8 Å². The largest absolute Gasteiger partial charge is 0.343 e. The smallest absolute Gasteiger partial charge is 0.321 e. The van der Waals surface area contributed by atoms with Gasteiger partial charge in [-0.15, -0.1) is 0 Å². The molecular formula is C20H27N5O2. The van der Waals surface area contributed by atoms with Crippen LogP contribution in [0.15, 0.2) is 43.0 Å². The molecule has 0 radical (unpaired) electrons. The van der Waals surface area contributed by atoms with E-state index in [1.165, 1.54) is 0 Å². The molecule has 1 aromatic carbocycles. The molecule has 27 heavy (non-hydrogen) atoms. The molecule has 0 unspecified atom stereocenters. The highest BCUT2D eigenvalue weighted by molar-refractivity contribution is 5.90. The minimum absolute atomic E-state index is 0.104. The van der Waals surface area contributed by atoms with Crippen molar-refractivity contribution in [3.05, 3.63) is 43.0 Å². The van der Waals surface area contributed by atoms with Gasteiger partial charge >= 0.3 is 6.03 Å². The molecule has 0 bridgehead atoms. The van der Waals surface area contributed by atoms with E-state index in [1.54, 1.807) is 17.4 Å². The number of imidazole rings is 1. The highest BCUT2D eigenvalue weighted by atomic mass is 16.2. The number of hydrogen-bond acceptors (Lipinski definition) is 3. The number of nitrogens with zero attached hydrogens (tertiary/aromatic N) is 4. The fourth-order valence-corrected chi connectivity index (χ4v) is 3.49. The van der Waals surface area contributed by atoms with Gasteiger partial charge in [0.05, 0.1) is 12.2 Å². The van der Waals surface area contributed by atoms with Gasteiger partial charge < -0.3 is 19.7 Å². The number of hydrogen-bond donors (Lipinski definition) is 1. The van der Waals surface area contributed by atoms with Crippen molar-refractivity contribution in [2.75, 3.05) is 31.5 Å². The Morgan fingerprint density at radius 1 is 1.22 bits per heavy atom. The lowest BCUT2D eigenvalue weighted by molar-refractivity contribution is -0.136. The number of nitrogens with one attached hydrogen (secondary N) is 1. The second-order valence-electron chi connectivity index (χ2n) is 6.74. The van der Waals surface area contributed by atoms with E-state index in [2.05, 4.69) is 10.3 Å². The number of urea groups is 1. The van der Waals surface area contributed by atoms with Crippen LogP contribution in [-0.4, -0.2) is 57.5 Å². The molecule has 1 saturated heterocycles. The predicted octanol–water partition coefficient (Wildman–Crippen LogP) is 2.98. The van der Waals surface area contributed by atoms with Crippen LogP contribution in [0.1, 0.15) is 26.7 Å². The van der Waals surface area contributed by atoms with Crippen LogP contribution in [0.2, 0.25) is 0 Å². The lowest BCUT2D eigenvalue weighted by atomic mass is 9.96. The highest BCUT2D eigenvalue weighted by Crippen LogP contribution is 2.20. The van der Waals surface area contributed by atoms with E-state index in [-0.39, 0.29) is 17.9 Å². The van der Waals surface area contributed by atoms with Crippen LogP contribution in [0.4, 0.5) is 10.5 Å². The molecular weight excluding hydrogens is 342 g/mol. The van der Waals surface area contributed by atoms with Crippen molar-refractivity contribution in [1.82, 2.24) is 19.4 Å². The summed E-state index contributed by atoms with van der Waals surface area (Å²) >= 11 is 0. The molecule has 144 valence electrons. The number of rotatable bonds is 5. The molecule has 7 heteroatoms. The Hall–Kier alpha value is -2.83. The number of amides is 3. The van der Waals surface area contributed by atoms with Gasteiger partial charge in [0.1, 0.15) is 0 Å². The third kappa shape index (κ3) is 4.48. The number of carbonyl (C=O) groups excluding carboxylic acids is 2. The van der Waals surface area contributed by atoms with Gasteiger partial charge in [-0.05, 0) is 51.0 Å². The van der Waals surface area contributed by atoms with Crippen LogP contribution in [0.5, 0.6) is 0 Å². The van der Waals surface area contributed by atoms with Crippen molar-refractivity contribution >= 4 is 17.6 Å². The first-order chi connectivity index (χ1) is 13.1. The van der Waals surface area contributed by atoms with Crippen LogP contribution in [0.25, 0.3) is 5.69 Å². The van der Waals surface area contributed by atoms with Gasteiger partial charge in [-0.1, -0.05) is 0 Å². The summed E-state index contributed by atoms with van der Waals surface area (Å²) in [5.74, 6) is 0.0511. The standard InChI is InChI=1S/C20H27N5O2/c1-3-23(4-2)19(26)16-6-5-12-24(14-16)20(27)22-17-7-9-18(10-8-17)25-13-11-21-15-25/h7-11,13,15-16H,3-6,12,14H2,1-2H3,(H,22,27)/t16-/m1/s1.